The van der Waals surface area contributed by atoms with E-state index in [0.29, 0.717) is 11.3 Å². The van der Waals surface area contributed by atoms with Crippen LogP contribution in [0.25, 0.3) is 11.3 Å². The first-order valence-corrected chi connectivity index (χ1v) is 8.68. The van der Waals surface area contributed by atoms with Gasteiger partial charge in [-0.2, -0.15) is 0 Å². The molecule has 1 N–H and O–H groups in total. The molecule has 1 saturated heterocycles. The molecular formula is C19H23FN4O. The molecular weight excluding hydrogens is 319 g/mol. The maximum Gasteiger partial charge on any atom is 0.223 e. The molecule has 1 amide bonds. The van der Waals surface area contributed by atoms with E-state index < -0.39 is 0 Å². The maximum absolute atomic E-state index is 13.3. The minimum atomic E-state index is -0.287. The highest BCUT2D eigenvalue weighted by Crippen LogP contribution is 2.23. The van der Waals surface area contributed by atoms with Gasteiger partial charge < -0.3 is 10.2 Å². The number of piperidine rings is 1. The van der Waals surface area contributed by atoms with Gasteiger partial charge in [-0.3, -0.25) is 4.79 Å². The first-order chi connectivity index (χ1) is 12.0. The Balaban J connectivity index is 1.61. The van der Waals surface area contributed by atoms with Crippen LogP contribution >= 0.6 is 0 Å². The molecule has 132 valence electrons. The quantitative estimate of drug-likeness (QED) is 0.928. The van der Waals surface area contributed by atoms with Gasteiger partial charge in [-0.1, -0.05) is 12.1 Å². The summed E-state index contributed by atoms with van der Waals surface area (Å²) in [4.78, 5) is 14.2. The van der Waals surface area contributed by atoms with Crippen LogP contribution in [0.5, 0.6) is 0 Å². The van der Waals surface area contributed by atoms with Crippen LogP contribution in [0.2, 0.25) is 0 Å². The van der Waals surface area contributed by atoms with Gasteiger partial charge in [-0.25, -0.2) is 4.39 Å². The van der Waals surface area contributed by atoms with Crippen molar-refractivity contribution in [3.05, 3.63) is 42.2 Å². The fourth-order valence-corrected chi connectivity index (χ4v) is 3.07. The van der Waals surface area contributed by atoms with E-state index in [2.05, 4.69) is 20.4 Å². The third kappa shape index (κ3) is 4.32. The lowest BCUT2D eigenvalue weighted by Crippen LogP contribution is -2.42. The Morgan fingerprint density at radius 1 is 1.20 bits per heavy atom. The van der Waals surface area contributed by atoms with Crippen LogP contribution in [0.1, 0.15) is 26.7 Å². The molecule has 5 nitrogen and oxygen atoms in total. The Morgan fingerprint density at radius 3 is 2.56 bits per heavy atom. The van der Waals surface area contributed by atoms with Crippen molar-refractivity contribution in [1.82, 2.24) is 15.5 Å². The lowest BCUT2D eigenvalue weighted by atomic mass is 9.95. The highest BCUT2D eigenvalue weighted by Gasteiger charge is 2.26. The number of anilines is 1. The van der Waals surface area contributed by atoms with Gasteiger partial charge in [0.2, 0.25) is 5.91 Å². The molecule has 25 heavy (non-hydrogen) atoms. The fraction of sp³-hybridized carbons (Fsp3) is 0.421. The molecule has 0 bridgehead atoms. The zero-order valence-corrected chi connectivity index (χ0v) is 14.6. The third-order valence-corrected chi connectivity index (χ3v) is 4.39. The van der Waals surface area contributed by atoms with Crippen molar-refractivity contribution >= 4 is 11.7 Å². The number of hydrogen-bond donors (Lipinski definition) is 1. The lowest BCUT2D eigenvalue weighted by Gasteiger charge is -2.32. The zero-order valence-electron chi connectivity index (χ0n) is 14.6. The number of amides is 1. The summed E-state index contributed by atoms with van der Waals surface area (Å²) >= 11 is 0. The van der Waals surface area contributed by atoms with E-state index in [1.165, 1.54) is 12.1 Å². The largest absolute Gasteiger partial charge is 0.355 e. The van der Waals surface area contributed by atoms with Crippen molar-refractivity contribution in [2.75, 3.05) is 18.0 Å². The van der Waals surface area contributed by atoms with E-state index in [1.807, 2.05) is 32.0 Å². The molecule has 0 aliphatic carbocycles. The van der Waals surface area contributed by atoms with Gasteiger partial charge in [0.25, 0.3) is 0 Å². The van der Waals surface area contributed by atoms with Crippen molar-refractivity contribution in [3.63, 3.8) is 0 Å². The highest BCUT2D eigenvalue weighted by molar-refractivity contribution is 5.79. The fourth-order valence-electron chi connectivity index (χ4n) is 3.07. The number of nitrogens with zero attached hydrogens (tertiary/aromatic N) is 3. The normalized spacial score (nSPS) is 15.4. The number of benzene rings is 1. The molecule has 2 aromatic rings. The zero-order chi connectivity index (χ0) is 17.8. The second-order valence-corrected chi connectivity index (χ2v) is 6.71. The van der Waals surface area contributed by atoms with Gasteiger partial charge in [-0.15, -0.1) is 10.2 Å². The monoisotopic (exact) mass is 342 g/mol. The first kappa shape index (κ1) is 17.3. The van der Waals surface area contributed by atoms with Gasteiger partial charge >= 0.3 is 0 Å². The summed E-state index contributed by atoms with van der Waals surface area (Å²) in [6.45, 7) is 5.51. The van der Waals surface area contributed by atoms with Crippen LogP contribution < -0.4 is 10.2 Å². The molecule has 0 spiro atoms. The topological polar surface area (TPSA) is 58.1 Å². The minimum absolute atomic E-state index is 0.0678. The van der Waals surface area contributed by atoms with Crippen LogP contribution in [-0.2, 0) is 4.79 Å². The molecule has 1 aliphatic rings. The van der Waals surface area contributed by atoms with Gasteiger partial charge in [-0.05, 0) is 51.0 Å². The summed E-state index contributed by atoms with van der Waals surface area (Å²) in [6.07, 6.45) is 1.62. The summed E-state index contributed by atoms with van der Waals surface area (Å²) in [6, 6.07) is 10.3. The van der Waals surface area contributed by atoms with E-state index in [1.54, 1.807) is 6.07 Å². The summed E-state index contributed by atoms with van der Waals surface area (Å²) < 4.78 is 13.3. The summed E-state index contributed by atoms with van der Waals surface area (Å²) in [5, 5.41) is 11.5. The molecule has 0 atom stereocenters. The molecule has 1 aromatic carbocycles. The average Bonchev–Trinajstić information content (AvgIpc) is 2.61. The van der Waals surface area contributed by atoms with Gasteiger partial charge in [0, 0.05) is 30.6 Å². The lowest BCUT2D eigenvalue weighted by molar-refractivity contribution is -0.126. The summed E-state index contributed by atoms with van der Waals surface area (Å²) in [5.41, 5.74) is 1.36. The molecule has 1 aliphatic heterocycles. The van der Waals surface area contributed by atoms with Crippen LogP contribution in [0.15, 0.2) is 36.4 Å². The standard InChI is InChI=1S/C19H23FN4O/c1-13(2)21-19(25)14-8-10-24(11-9-14)18-7-6-17(22-23-18)15-4-3-5-16(20)12-15/h3-7,12-14H,8-11H2,1-2H3,(H,21,25). The molecule has 0 unspecified atom stereocenters. The Hall–Kier alpha value is -2.50. The predicted octanol–water partition coefficient (Wildman–Crippen LogP) is 3.02. The summed E-state index contributed by atoms with van der Waals surface area (Å²) in [7, 11) is 0. The highest BCUT2D eigenvalue weighted by atomic mass is 19.1. The molecule has 2 heterocycles. The van der Waals surface area contributed by atoms with E-state index in [0.717, 1.165) is 31.7 Å². The Morgan fingerprint density at radius 2 is 1.96 bits per heavy atom. The average molecular weight is 342 g/mol. The second kappa shape index (κ2) is 7.59. The van der Waals surface area contributed by atoms with E-state index in [9.17, 15) is 9.18 Å². The van der Waals surface area contributed by atoms with Crippen molar-refractivity contribution in [2.45, 2.75) is 32.7 Å². The molecule has 1 aromatic heterocycles. The third-order valence-electron chi connectivity index (χ3n) is 4.39. The minimum Gasteiger partial charge on any atom is -0.355 e. The van der Waals surface area contributed by atoms with Crippen molar-refractivity contribution in [2.24, 2.45) is 5.92 Å². The van der Waals surface area contributed by atoms with Gasteiger partial charge in [0.1, 0.15) is 5.82 Å². The van der Waals surface area contributed by atoms with Crippen molar-refractivity contribution in [3.8, 4) is 11.3 Å². The number of hydrogen-bond acceptors (Lipinski definition) is 4. The van der Waals surface area contributed by atoms with Gasteiger partial charge in [0.05, 0.1) is 5.69 Å². The SMILES string of the molecule is CC(C)NC(=O)C1CCN(c2ccc(-c3cccc(F)c3)nn2)CC1. The molecule has 0 radical (unpaired) electrons. The van der Waals surface area contributed by atoms with Crippen LogP contribution in [0, 0.1) is 11.7 Å². The number of nitrogens with one attached hydrogen (secondary N) is 1. The Kier molecular flexibility index (Phi) is 5.26. The van der Waals surface area contributed by atoms with Crippen LogP contribution in [0.3, 0.4) is 0 Å². The maximum atomic E-state index is 13.3. The van der Waals surface area contributed by atoms with Crippen LogP contribution in [0.4, 0.5) is 10.2 Å². The second-order valence-electron chi connectivity index (χ2n) is 6.71. The number of carbonyl (C=O) groups excluding carboxylic acids is 1. The predicted molar refractivity (Wildman–Crippen MR) is 95.6 cm³/mol. The molecule has 0 saturated carbocycles. The number of rotatable bonds is 4. The van der Waals surface area contributed by atoms with Crippen molar-refractivity contribution < 1.29 is 9.18 Å². The van der Waals surface area contributed by atoms with E-state index in [4.69, 9.17) is 0 Å². The molecule has 6 heteroatoms. The molecule has 3 rings (SSSR count). The van der Waals surface area contributed by atoms with Gasteiger partial charge in [0.15, 0.2) is 5.82 Å². The van der Waals surface area contributed by atoms with Crippen LogP contribution in [-0.4, -0.2) is 35.2 Å². The Labute approximate surface area is 147 Å². The number of halogens is 1. The molecule has 1 fully saturated rings. The van der Waals surface area contributed by atoms with E-state index in [-0.39, 0.29) is 23.7 Å². The number of aromatic nitrogens is 2. The van der Waals surface area contributed by atoms with Crippen molar-refractivity contribution in [1.29, 1.82) is 0 Å². The smallest absolute Gasteiger partial charge is 0.223 e. The summed E-state index contributed by atoms with van der Waals surface area (Å²) in [5.74, 6) is 0.716. The Bertz CT molecular complexity index is 724. The number of carbonyl (C=O) groups is 1. The van der Waals surface area contributed by atoms with E-state index >= 15 is 0 Å². The first-order valence-electron chi connectivity index (χ1n) is 8.68.